The largest absolute Gasteiger partial charge is 0.493 e. The van der Waals surface area contributed by atoms with E-state index < -0.39 is 11.8 Å². The van der Waals surface area contributed by atoms with Gasteiger partial charge in [-0.25, -0.2) is 9.18 Å². The second-order valence-electron chi connectivity index (χ2n) is 4.34. The quantitative estimate of drug-likeness (QED) is 0.671. The van der Waals surface area contributed by atoms with Crippen LogP contribution in [0.4, 0.5) is 4.39 Å². The predicted octanol–water partition coefficient (Wildman–Crippen LogP) is 3.85. The van der Waals surface area contributed by atoms with E-state index in [2.05, 4.69) is 0 Å². The number of ether oxygens (including phenoxy) is 1. The van der Waals surface area contributed by atoms with Crippen molar-refractivity contribution in [1.29, 1.82) is 0 Å². The van der Waals surface area contributed by atoms with Gasteiger partial charge in [0.05, 0.1) is 12.2 Å². The number of carboxylic acid groups (broad SMARTS) is 1. The lowest BCUT2D eigenvalue weighted by atomic mass is 10.0. The highest BCUT2D eigenvalue weighted by Crippen LogP contribution is 2.25. The van der Waals surface area contributed by atoms with Gasteiger partial charge in [0.1, 0.15) is 11.6 Å². The standard InChI is InChI=1S/C17H15FO3/c1-2-21-16-6-4-3-5-13(16)11-15(17(19)20)12-7-9-14(18)10-8-12/h3-11H,2H2,1H3,(H,19,20)/b15-11+. The van der Waals surface area contributed by atoms with Crippen molar-refractivity contribution in [2.24, 2.45) is 0 Å². The third kappa shape index (κ3) is 3.69. The Bertz CT molecular complexity index is 660. The van der Waals surface area contributed by atoms with Crippen molar-refractivity contribution in [1.82, 2.24) is 0 Å². The van der Waals surface area contributed by atoms with E-state index in [-0.39, 0.29) is 5.57 Å². The second kappa shape index (κ2) is 6.70. The molecule has 0 bridgehead atoms. The molecule has 21 heavy (non-hydrogen) atoms. The van der Waals surface area contributed by atoms with E-state index in [4.69, 9.17) is 4.74 Å². The fraction of sp³-hybridized carbons (Fsp3) is 0.118. The van der Waals surface area contributed by atoms with Crippen molar-refractivity contribution in [3.05, 3.63) is 65.5 Å². The first kappa shape index (κ1) is 14.8. The summed E-state index contributed by atoms with van der Waals surface area (Å²) in [6.45, 7) is 2.35. The van der Waals surface area contributed by atoms with Crippen molar-refractivity contribution in [2.75, 3.05) is 6.61 Å². The van der Waals surface area contributed by atoms with Gasteiger partial charge in [-0.1, -0.05) is 30.3 Å². The first-order chi connectivity index (χ1) is 10.1. The maximum absolute atomic E-state index is 13.0. The van der Waals surface area contributed by atoms with E-state index in [1.807, 2.05) is 13.0 Å². The molecule has 0 heterocycles. The molecule has 0 radical (unpaired) electrons. The Hall–Kier alpha value is -2.62. The molecule has 0 aliphatic heterocycles. The van der Waals surface area contributed by atoms with Gasteiger partial charge in [-0.05, 0) is 36.8 Å². The molecule has 0 fully saturated rings. The van der Waals surface area contributed by atoms with Crippen molar-refractivity contribution < 1.29 is 19.0 Å². The third-order valence-electron chi connectivity index (χ3n) is 2.90. The molecule has 2 aromatic carbocycles. The molecule has 1 N–H and O–H groups in total. The van der Waals surface area contributed by atoms with Crippen LogP contribution in [-0.2, 0) is 4.79 Å². The number of hydrogen-bond acceptors (Lipinski definition) is 2. The minimum atomic E-state index is -1.08. The van der Waals surface area contributed by atoms with Crippen molar-refractivity contribution in [3.63, 3.8) is 0 Å². The van der Waals surface area contributed by atoms with Crippen LogP contribution in [0.3, 0.4) is 0 Å². The molecule has 0 aliphatic carbocycles. The zero-order chi connectivity index (χ0) is 15.2. The normalized spacial score (nSPS) is 11.2. The Labute approximate surface area is 122 Å². The summed E-state index contributed by atoms with van der Waals surface area (Å²) in [5.74, 6) is -0.869. The summed E-state index contributed by atoms with van der Waals surface area (Å²) in [7, 11) is 0. The number of carboxylic acids is 1. The SMILES string of the molecule is CCOc1ccccc1/C=C(/C(=O)O)c1ccc(F)cc1. The van der Waals surface area contributed by atoms with Gasteiger partial charge < -0.3 is 9.84 Å². The number of rotatable bonds is 5. The third-order valence-corrected chi connectivity index (χ3v) is 2.90. The minimum absolute atomic E-state index is 0.0853. The first-order valence-electron chi connectivity index (χ1n) is 6.54. The van der Waals surface area contributed by atoms with E-state index in [0.717, 1.165) is 0 Å². The molecule has 0 atom stereocenters. The van der Waals surface area contributed by atoms with Crippen LogP contribution in [0.1, 0.15) is 18.1 Å². The van der Waals surface area contributed by atoms with E-state index in [9.17, 15) is 14.3 Å². The van der Waals surface area contributed by atoms with Crippen LogP contribution in [0, 0.1) is 5.82 Å². The fourth-order valence-corrected chi connectivity index (χ4v) is 1.94. The Morgan fingerprint density at radius 3 is 2.48 bits per heavy atom. The molecule has 3 nitrogen and oxygen atoms in total. The van der Waals surface area contributed by atoms with E-state index in [1.54, 1.807) is 18.2 Å². The number of halogens is 1. The molecular formula is C17H15FO3. The molecule has 2 rings (SSSR count). The first-order valence-corrected chi connectivity index (χ1v) is 6.54. The summed E-state index contributed by atoms with van der Waals surface area (Å²) < 4.78 is 18.4. The highest BCUT2D eigenvalue weighted by molar-refractivity contribution is 6.20. The summed E-state index contributed by atoms with van der Waals surface area (Å²) in [6.07, 6.45) is 1.53. The molecule has 0 saturated carbocycles. The fourth-order valence-electron chi connectivity index (χ4n) is 1.94. The molecule has 4 heteroatoms. The van der Waals surface area contributed by atoms with Crippen LogP contribution in [0.5, 0.6) is 5.75 Å². The second-order valence-corrected chi connectivity index (χ2v) is 4.34. The van der Waals surface area contributed by atoms with Crippen LogP contribution in [-0.4, -0.2) is 17.7 Å². The predicted molar refractivity (Wildman–Crippen MR) is 79.5 cm³/mol. The molecule has 108 valence electrons. The van der Waals surface area contributed by atoms with Crippen LogP contribution in [0.2, 0.25) is 0 Å². The van der Waals surface area contributed by atoms with Crippen LogP contribution in [0.15, 0.2) is 48.5 Å². The van der Waals surface area contributed by atoms with Gasteiger partial charge in [-0.2, -0.15) is 0 Å². The maximum Gasteiger partial charge on any atom is 0.336 e. The average Bonchev–Trinajstić information content (AvgIpc) is 2.47. The lowest BCUT2D eigenvalue weighted by molar-refractivity contribution is -0.130. The van der Waals surface area contributed by atoms with Gasteiger partial charge in [0.25, 0.3) is 0 Å². The van der Waals surface area contributed by atoms with Gasteiger partial charge in [0.2, 0.25) is 0 Å². The molecule has 0 saturated heterocycles. The number of para-hydroxylation sites is 1. The molecule has 0 unspecified atom stereocenters. The van der Waals surface area contributed by atoms with Gasteiger partial charge >= 0.3 is 5.97 Å². The summed E-state index contributed by atoms with van der Waals surface area (Å²) in [5, 5.41) is 9.38. The lowest BCUT2D eigenvalue weighted by Gasteiger charge is -2.08. The van der Waals surface area contributed by atoms with Crippen LogP contribution >= 0.6 is 0 Å². The van der Waals surface area contributed by atoms with E-state index in [0.29, 0.717) is 23.5 Å². The summed E-state index contributed by atoms with van der Waals surface area (Å²) in [4.78, 5) is 11.5. The molecule has 0 amide bonds. The van der Waals surface area contributed by atoms with Crippen LogP contribution in [0.25, 0.3) is 11.6 Å². The Kier molecular flexibility index (Phi) is 4.72. The van der Waals surface area contributed by atoms with Crippen molar-refractivity contribution >= 4 is 17.6 Å². The molecule has 0 aromatic heterocycles. The zero-order valence-electron chi connectivity index (χ0n) is 11.5. The molecule has 2 aromatic rings. The van der Waals surface area contributed by atoms with E-state index >= 15 is 0 Å². The maximum atomic E-state index is 13.0. The monoisotopic (exact) mass is 286 g/mol. The van der Waals surface area contributed by atoms with Gasteiger partial charge in [0.15, 0.2) is 0 Å². The highest BCUT2D eigenvalue weighted by Gasteiger charge is 2.12. The Balaban J connectivity index is 2.47. The molecule has 0 aliphatic rings. The van der Waals surface area contributed by atoms with Gasteiger partial charge in [-0.15, -0.1) is 0 Å². The van der Waals surface area contributed by atoms with E-state index in [1.165, 1.54) is 30.3 Å². The average molecular weight is 286 g/mol. The Morgan fingerprint density at radius 2 is 1.86 bits per heavy atom. The van der Waals surface area contributed by atoms with Gasteiger partial charge in [-0.3, -0.25) is 0 Å². The number of benzene rings is 2. The number of aliphatic carboxylic acids is 1. The summed E-state index contributed by atoms with van der Waals surface area (Å²) in [6, 6.07) is 12.5. The van der Waals surface area contributed by atoms with Crippen molar-refractivity contribution in [3.8, 4) is 5.75 Å². The summed E-state index contributed by atoms with van der Waals surface area (Å²) in [5.41, 5.74) is 1.19. The summed E-state index contributed by atoms with van der Waals surface area (Å²) >= 11 is 0. The number of hydrogen-bond donors (Lipinski definition) is 1. The molecular weight excluding hydrogens is 271 g/mol. The van der Waals surface area contributed by atoms with Crippen molar-refractivity contribution in [2.45, 2.75) is 6.92 Å². The lowest BCUT2D eigenvalue weighted by Crippen LogP contribution is -2.00. The number of carbonyl (C=O) groups is 1. The zero-order valence-corrected chi connectivity index (χ0v) is 11.5. The topological polar surface area (TPSA) is 46.5 Å². The van der Waals surface area contributed by atoms with Gasteiger partial charge in [0, 0.05) is 5.56 Å². The minimum Gasteiger partial charge on any atom is -0.493 e. The highest BCUT2D eigenvalue weighted by atomic mass is 19.1. The van der Waals surface area contributed by atoms with Crippen LogP contribution < -0.4 is 4.74 Å². The Morgan fingerprint density at radius 1 is 1.19 bits per heavy atom. The molecule has 0 spiro atoms. The smallest absolute Gasteiger partial charge is 0.336 e.